The summed E-state index contributed by atoms with van der Waals surface area (Å²) < 4.78 is 6.09. The summed E-state index contributed by atoms with van der Waals surface area (Å²) in [5.41, 5.74) is 0. The topological polar surface area (TPSA) is 70.7 Å². The van der Waals surface area contributed by atoms with Gasteiger partial charge in [-0.2, -0.15) is 0 Å². The molecule has 22 heavy (non-hydrogen) atoms. The molecule has 0 aliphatic carbocycles. The summed E-state index contributed by atoms with van der Waals surface area (Å²) in [6.07, 6.45) is 1.10. The van der Waals surface area contributed by atoms with Crippen LogP contribution in [0.4, 0.5) is 4.79 Å². The van der Waals surface area contributed by atoms with Crippen LogP contribution in [-0.4, -0.2) is 49.7 Å². The average Bonchev–Trinajstić information content (AvgIpc) is 2.88. The Bertz CT molecular complexity index is 523. The number of urea groups is 1. The molecule has 8 heteroatoms. The van der Waals surface area contributed by atoms with E-state index in [1.54, 1.807) is 23.3 Å². The highest BCUT2D eigenvalue weighted by Crippen LogP contribution is 2.24. The SMILES string of the molecule is COCCN(Cc1sccc1Br)C(=O)NC1CCNC(=O)C1. The summed E-state index contributed by atoms with van der Waals surface area (Å²) in [5, 5.41) is 7.70. The lowest BCUT2D eigenvalue weighted by molar-refractivity contribution is -0.122. The maximum Gasteiger partial charge on any atom is 0.318 e. The molecule has 2 heterocycles. The van der Waals surface area contributed by atoms with Gasteiger partial charge < -0.3 is 20.3 Å². The fourth-order valence-electron chi connectivity index (χ4n) is 2.24. The Morgan fingerprint density at radius 2 is 2.45 bits per heavy atom. The van der Waals surface area contributed by atoms with Gasteiger partial charge in [-0.15, -0.1) is 11.3 Å². The Labute approximate surface area is 142 Å². The molecule has 1 fully saturated rings. The lowest BCUT2D eigenvalue weighted by Crippen LogP contribution is -2.50. The molecule has 1 aliphatic rings. The van der Waals surface area contributed by atoms with Gasteiger partial charge in [-0.25, -0.2) is 4.79 Å². The van der Waals surface area contributed by atoms with Gasteiger partial charge in [0.2, 0.25) is 5.91 Å². The van der Waals surface area contributed by atoms with Crippen molar-refractivity contribution >= 4 is 39.2 Å². The van der Waals surface area contributed by atoms with Gasteiger partial charge in [0.25, 0.3) is 0 Å². The molecule has 0 spiro atoms. The molecule has 1 atom stereocenters. The minimum Gasteiger partial charge on any atom is -0.383 e. The van der Waals surface area contributed by atoms with E-state index in [9.17, 15) is 9.59 Å². The van der Waals surface area contributed by atoms with Crippen LogP contribution >= 0.6 is 27.3 Å². The van der Waals surface area contributed by atoms with Gasteiger partial charge in [0.15, 0.2) is 0 Å². The van der Waals surface area contributed by atoms with Crippen LogP contribution in [0, 0.1) is 0 Å². The molecule has 1 aromatic heterocycles. The molecule has 0 radical (unpaired) electrons. The number of rotatable bonds is 6. The zero-order valence-electron chi connectivity index (χ0n) is 12.4. The van der Waals surface area contributed by atoms with Gasteiger partial charge in [-0.05, 0) is 33.8 Å². The number of hydrogen-bond acceptors (Lipinski definition) is 4. The van der Waals surface area contributed by atoms with Crippen LogP contribution in [0.3, 0.4) is 0 Å². The van der Waals surface area contributed by atoms with Gasteiger partial charge >= 0.3 is 6.03 Å². The maximum atomic E-state index is 12.5. The summed E-state index contributed by atoms with van der Waals surface area (Å²) in [7, 11) is 1.61. The second kappa shape index (κ2) is 8.50. The Morgan fingerprint density at radius 1 is 1.64 bits per heavy atom. The molecule has 0 saturated carbocycles. The third-order valence-corrected chi connectivity index (χ3v) is 5.36. The van der Waals surface area contributed by atoms with Crippen molar-refractivity contribution in [1.29, 1.82) is 0 Å². The molecule has 2 N–H and O–H groups in total. The number of ether oxygens (including phenoxy) is 1. The first kappa shape index (κ1) is 17.2. The molecule has 6 nitrogen and oxygen atoms in total. The highest BCUT2D eigenvalue weighted by Gasteiger charge is 2.23. The van der Waals surface area contributed by atoms with Crippen LogP contribution in [0.5, 0.6) is 0 Å². The fourth-order valence-corrected chi connectivity index (χ4v) is 3.73. The van der Waals surface area contributed by atoms with E-state index in [-0.39, 0.29) is 18.0 Å². The first-order valence-electron chi connectivity index (χ1n) is 7.13. The lowest BCUT2D eigenvalue weighted by Gasteiger charge is -2.28. The molecule has 0 bridgehead atoms. The van der Waals surface area contributed by atoms with E-state index in [1.165, 1.54) is 0 Å². The number of nitrogens with zero attached hydrogens (tertiary/aromatic N) is 1. The molecular formula is C14H20BrN3O3S. The third-order valence-electron chi connectivity index (χ3n) is 3.45. The largest absolute Gasteiger partial charge is 0.383 e. The quantitative estimate of drug-likeness (QED) is 0.780. The number of thiophene rings is 1. The van der Waals surface area contributed by atoms with Crippen LogP contribution in [-0.2, 0) is 16.1 Å². The molecule has 0 aromatic carbocycles. The Morgan fingerprint density at radius 3 is 3.09 bits per heavy atom. The maximum absolute atomic E-state index is 12.5. The molecule has 1 saturated heterocycles. The van der Waals surface area contributed by atoms with Gasteiger partial charge in [0, 0.05) is 42.0 Å². The van der Waals surface area contributed by atoms with Crippen molar-refractivity contribution in [3.8, 4) is 0 Å². The number of carbonyl (C=O) groups is 2. The lowest BCUT2D eigenvalue weighted by atomic mass is 10.1. The number of hydrogen-bond donors (Lipinski definition) is 2. The first-order valence-corrected chi connectivity index (χ1v) is 8.80. The van der Waals surface area contributed by atoms with E-state index in [0.29, 0.717) is 32.7 Å². The van der Waals surface area contributed by atoms with Crippen LogP contribution in [0.15, 0.2) is 15.9 Å². The Hall–Kier alpha value is -1.12. The second-order valence-electron chi connectivity index (χ2n) is 5.10. The van der Waals surface area contributed by atoms with Gasteiger partial charge in [0.1, 0.15) is 0 Å². The summed E-state index contributed by atoms with van der Waals surface area (Å²) >= 11 is 5.09. The number of piperidine rings is 1. The number of nitrogens with one attached hydrogen (secondary N) is 2. The van der Waals surface area contributed by atoms with Crippen molar-refractivity contribution in [1.82, 2.24) is 15.5 Å². The minimum absolute atomic E-state index is 0.0130. The standard InChI is InChI=1S/C14H20BrN3O3S/c1-21-6-5-18(9-12-11(15)3-7-22-12)14(20)17-10-2-4-16-13(19)8-10/h3,7,10H,2,4-6,8-9H2,1H3,(H,16,19)(H,17,20). The summed E-state index contributed by atoms with van der Waals surface area (Å²) in [6, 6.07) is 1.72. The number of halogens is 1. The normalized spacial score (nSPS) is 17.9. The molecule has 3 amide bonds. The van der Waals surface area contributed by atoms with Gasteiger partial charge in [-0.3, -0.25) is 4.79 Å². The molecule has 1 aromatic rings. The smallest absolute Gasteiger partial charge is 0.318 e. The average molecular weight is 390 g/mol. The Kier molecular flexibility index (Phi) is 6.66. The van der Waals surface area contributed by atoms with Crippen LogP contribution < -0.4 is 10.6 Å². The van der Waals surface area contributed by atoms with E-state index in [2.05, 4.69) is 26.6 Å². The third kappa shape index (κ3) is 4.96. The first-order chi connectivity index (χ1) is 10.6. The van der Waals surface area contributed by atoms with Crippen LogP contribution in [0.25, 0.3) is 0 Å². The highest BCUT2D eigenvalue weighted by molar-refractivity contribution is 9.10. The molecule has 122 valence electrons. The van der Waals surface area contributed by atoms with Crippen molar-refractivity contribution in [2.45, 2.75) is 25.4 Å². The van der Waals surface area contributed by atoms with Crippen molar-refractivity contribution in [2.75, 3.05) is 26.8 Å². The predicted molar refractivity (Wildman–Crippen MR) is 88.9 cm³/mol. The molecular weight excluding hydrogens is 370 g/mol. The van der Waals surface area contributed by atoms with E-state index in [4.69, 9.17) is 4.74 Å². The van der Waals surface area contributed by atoms with Crippen LogP contribution in [0.1, 0.15) is 17.7 Å². The summed E-state index contributed by atoms with van der Waals surface area (Å²) in [4.78, 5) is 26.7. The monoisotopic (exact) mass is 389 g/mol. The zero-order valence-corrected chi connectivity index (χ0v) is 14.8. The van der Waals surface area contributed by atoms with E-state index >= 15 is 0 Å². The van der Waals surface area contributed by atoms with E-state index < -0.39 is 0 Å². The number of carbonyl (C=O) groups excluding carboxylic acids is 2. The van der Waals surface area contributed by atoms with E-state index in [0.717, 1.165) is 15.8 Å². The van der Waals surface area contributed by atoms with Crippen molar-refractivity contribution in [2.24, 2.45) is 0 Å². The predicted octanol–water partition coefficient (Wildman–Crippen LogP) is 1.95. The van der Waals surface area contributed by atoms with Crippen LogP contribution in [0.2, 0.25) is 0 Å². The summed E-state index contributed by atoms with van der Waals surface area (Å²) in [5.74, 6) is -0.0130. The van der Waals surface area contributed by atoms with E-state index in [1.807, 2.05) is 11.4 Å². The molecule has 1 aliphatic heterocycles. The molecule has 1 unspecified atom stereocenters. The van der Waals surface area contributed by atoms with Crippen molar-refractivity contribution in [3.05, 3.63) is 20.8 Å². The van der Waals surface area contributed by atoms with Gasteiger partial charge in [0.05, 0.1) is 13.2 Å². The Balaban J connectivity index is 1.96. The van der Waals surface area contributed by atoms with Crippen molar-refractivity contribution < 1.29 is 14.3 Å². The highest BCUT2D eigenvalue weighted by atomic mass is 79.9. The van der Waals surface area contributed by atoms with Crippen molar-refractivity contribution in [3.63, 3.8) is 0 Å². The second-order valence-corrected chi connectivity index (χ2v) is 6.95. The molecule has 2 rings (SSSR count). The number of amides is 3. The number of methoxy groups -OCH3 is 1. The fraction of sp³-hybridized carbons (Fsp3) is 0.571. The zero-order chi connectivity index (χ0) is 15.9. The minimum atomic E-state index is -0.156. The summed E-state index contributed by atoms with van der Waals surface area (Å²) in [6.45, 7) is 2.11. The van der Waals surface area contributed by atoms with Gasteiger partial charge in [-0.1, -0.05) is 0 Å².